The molecule has 24 heavy (non-hydrogen) atoms. The number of anilines is 1. The van der Waals surface area contributed by atoms with Crippen LogP contribution in [0.15, 0.2) is 52.7 Å². The highest BCUT2D eigenvalue weighted by molar-refractivity contribution is 9.11. The zero-order valence-corrected chi connectivity index (χ0v) is 16.0. The first kappa shape index (κ1) is 21.7. The molecule has 1 rings (SSSR count). The van der Waals surface area contributed by atoms with Gasteiger partial charge in [0, 0.05) is 15.7 Å². The molecule has 0 unspecified atom stereocenters. The minimum absolute atomic E-state index is 0.0486. The second-order valence-electron chi connectivity index (χ2n) is 4.62. The molecule has 5 heteroatoms. The lowest BCUT2D eigenvalue weighted by atomic mass is 10.1. The van der Waals surface area contributed by atoms with Crippen LogP contribution in [0.2, 0.25) is 0 Å². The summed E-state index contributed by atoms with van der Waals surface area (Å²) in [6.07, 6.45) is 6.09. The van der Waals surface area contributed by atoms with Gasteiger partial charge in [-0.25, -0.2) is 4.99 Å². The van der Waals surface area contributed by atoms with Gasteiger partial charge in [-0.1, -0.05) is 28.8 Å². The van der Waals surface area contributed by atoms with E-state index in [1.165, 1.54) is 0 Å². The number of terminal acetylenes is 1. The molecule has 0 saturated carbocycles. The van der Waals surface area contributed by atoms with Crippen molar-refractivity contribution in [1.29, 1.82) is 0 Å². The normalized spacial score (nSPS) is 11.4. The number of benzene rings is 1. The first-order chi connectivity index (χ1) is 11.5. The number of hydrogen-bond donors (Lipinski definition) is 2. The van der Waals surface area contributed by atoms with Gasteiger partial charge in [0.25, 0.3) is 0 Å². The van der Waals surface area contributed by atoms with E-state index in [2.05, 4.69) is 50.6 Å². The summed E-state index contributed by atoms with van der Waals surface area (Å²) >= 11 is 3.49. The number of rotatable bonds is 6. The number of halogens is 1. The van der Waals surface area contributed by atoms with E-state index >= 15 is 0 Å². The van der Waals surface area contributed by atoms with Crippen LogP contribution >= 0.6 is 15.9 Å². The van der Waals surface area contributed by atoms with Gasteiger partial charge in [0.05, 0.1) is 6.54 Å². The van der Waals surface area contributed by atoms with Crippen molar-refractivity contribution in [1.82, 2.24) is 5.32 Å². The van der Waals surface area contributed by atoms with E-state index in [0.717, 1.165) is 22.4 Å². The number of carbonyl (C=O) groups excluding carboxylic acids is 1. The fourth-order valence-electron chi connectivity index (χ4n) is 1.69. The summed E-state index contributed by atoms with van der Waals surface area (Å²) in [5.74, 6) is 4.01. The first-order valence-corrected chi connectivity index (χ1v) is 8.26. The lowest BCUT2D eigenvalue weighted by Crippen LogP contribution is -2.16. The maximum atomic E-state index is 11.3. The number of carbonyl (C=O) groups is 1. The number of nitrogens with one attached hydrogen (secondary N) is 2. The van der Waals surface area contributed by atoms with Gasteiger partial charge < -0.3 is 10.6 Å². The summed E-state index contributed by atoms with van der Waals surface area (Å²) < 4.78 is 0.954. The fraction of sp³-hybridized carbons (Fsp3) is 0.263. The largest absolute Gasteiger partial charge is 0.358 e. The Morgan fingerprint density at radius 2 is 1.88 bits per heavy atom. The van der Waals surface area contributed by atoms with Gasteiger partial charge in [-0.05, 0) is 44.5 Å². The Bertz CT molecular complexity index is 640. The van der Waals surface area contributed by atoms with E-state index in [-0.39, 0.29) is 5.78 Å². The molecule has 0 amide bonds. The van der Waals surface area contributed by atoms with Gasteiger partial charge >= 0.3 is 0 Å². The lowest BCUT2D eigenvalue weighted by Gasteiger charge is -2.10. The van der Waals surface area contributed by atoms with Crippen LogP contribution < -0.4 is 10.6 Å². The highest BCUT2D eigenvalue weighted by atomic mass is 79.9. The maximum Gasteiger partial charge on any atom is 0.159 e. The summed E-state index contributed by atoms with van der Waals surface area (Å²) in [5, 5.41) is 6.27. The number of ketones is 1. The molecule has 1 aromatic rings. The number of nitrogens with zero attached hydrogens (tertiary/aromatic N) is 1. The van der Waals surface area contributed by atoms with Crippen LogP contribution in [0, 0.1) is 12.3 Å². The van der Waals surface area contributed by atoms with Crippen LogP contribution in [0.5, 0.6) is 0 Å². The van der Waals surface area contributed by atoms with Crippen LogP contribution in [0.25, 0.3) is 0 Å². The molecule has 0 aliphatic rings. The Hall–Kier alpha value is -2.32. The molecule has 4 nitrogen and oxygen atoms in total. The van der Waals surface area contributed by atoms with E-state index in [9.17, 15) is 4.79 Å². The molecule has 0 fully saturated rings. The van der Waals surface area contributed by atoms with E-state index in [4.69, 9.17) is 6.42 Å². The van der Waals surface area contributed by atoms with E-state index in [0.29, 0.717) is 17.9 Å². The van der Waals surface area contributed by atoms with Crippen molar-refractivity contribution in [3.63, 3.8) is 0 Å². The number of Topliss-reactive ketones (excluding diaryl/α,β-unsaturated/α-hetero) is 1. The first-order valence-electron chi connectivity index (χ1n) is 7.47. The molecule has 1 aromatic carbocycles. The van der Waals surface area contributed by atoms with Crippen LogP contribution in [0.4, 0.5) is 5.69 Å². The highest BCUT2D eigenvalue weighted by Gasteiger charge is 2.03. The molecule has 0 atom stereocenters. The van der Waals surface area contributed by atoms with Crippen LogP contribution in [0.3, 0.4) is 0 Å². The number of amidine groups is 1. The zero-order chi connectivity index (χ0) is 18.5. The minimum Gasteiger partial charge on any atom is -0.358 e. The Morgan fingerprint density at radius 1 is 1.29 bits per heavy atom. The smallest absolute Gasteiger partial charge is 0.159 e. The predicted molar refractivity (Wildman–Crippen MR) is 108 cm³/mol. The molecule has 0 aromatic heterocycles. The van der Waals surface area contributed by atoms with E-state index in [1.807, 2.05) is 26.0 Å². The van der Waals surface area contributed by atoms with E-state index < -0.39 is 0 Å². The van der Waals surface area contributed by atoms with Crippen molar-refractivity contribution in [2.75, 3.05) is 11.9 Å². The Kier molecular flexibility index (Phi) is 11.0. The molecule has 2 N–H and O–H groups in total. The van der Waals surface area contributed by atoms with Crippen LogP contribution in [0.1, 0.15) is 37.6 Å². The molecule has 128 valence electrons. The highest BCUT2D eigenvalue weighted by Crippen LogP contribution is 2.16. The summed E-state index contributed by atoms with van der Waals surface area (Å²) in [5.41, 5.74) is 1.56. The molecule has 0 aliphatic heterocycles. The second kappa shape index (κ2) is 12.1. The van der Waals surface area contributed by atoms with Gasteiger partial charge in [-0.15, -0.1) is 19.6 Å². The number of hydrogen-bond acceptors (Lipinski definition) is 3. The van der Waals surface area contributed by atoms with Crippen molar-refractivity contribution in [2.24, 2.45) is 4.99 Å². The summed E-state index contributed by atoms with van der Waals surface area (Å²) in [6, 6.07) is 7.27. The van der Waals surface area contributed by atoms with Crippen molar-refractivity contribution < 1.29 is 4.79 Å². The molecule has 0 saturated heterocycles. The average molecular weight is 390 g/mol. The van der Waals surface area contributed by atoms with Crippen molar-refractivity contribution in [2.45, 2.75) is 27.2 Å². The molecule has 0 heterocycles. The lowest BCUT2D eigenvalue weighted by molar-refractivity contribution is 0.101. The molecule has 0 spiro atoms. The Labute approximate surface area is 153 Å². The Morgan fingerprint density at radius 3 is 2.33 bits per heavy atom. The fourth-order valence-corrected chi connectivity index (χ4v) is 1.92. The standard InChI is InChI=1S/C17H20BrN3O.C2H4/c1-5-11-19-17(16(18)6-2)21-13(4)20-15-9-7-14(8-10-15)12(3)22;1-2/h1,7-10,19H,6,11H2,2-4H3,(H,20,21);1-2H2/b17-16+;. The SMILES string of the molecule is C#CCNC(/N=C(\C)Nc1ccc(C(C)=O)cc1)=C(\Br)CC.C=C. The third-order valence-electron chi connectivity index (χ3n) is 2.82. The number of allylic oxidation sites excluding steroid dienone is 1. The summed E-state index contributed by atoms with van der Waals surface area (Å²) in [4.78, 5) is 15.8. The Balaban J connectivity index is 0.00000254. The molecular weight excluding hydrogens is 366 g/mol. The number of aliphatic imine (C=N–C) groups is 1. The molecule has 0 radical (unpaired) electrons. The molecule has 0 bridgehead atoms. The summed E-state index contributed by atoms with van der Waals surface area (Å²) in [7, 11) is 0. The summed E-state index contributed by atoms with van der Waals surface area (Å²) in [6.45, 7) is 11.9. The monoisotopic (exact) mass is 389 g/mol. The maximum absolute atomic E-state index is 11.3. The average Bonchev–Trinajstić information content (AvgIpc) is 2.60. The second-order valence-corrected chi connectivity index (χ2v) is 5.58. The molecule has 0 aliphatic carbocycles. The van der Waals surface area contributed by atoms with Gasteiger partial charge in [-0.3, -0.25) is 4.79 Å². The van der Waals surface area contributed by atoms with Crippen LogP contribution in [-0.2, 0) is 0 Å². The third kappa shape index (κ3) is 7.80. The molecular formula is C19H24BrN3O. The van der Waals surface area contributed by atoms with Gasteiger partial charge in [0.1, 0.15) is 11.7 Å². The predicted octanol–water partition coefficient (Wildman–Crippen LogP) is 4.72. The quantitative estimate of drug-likeness (QED) is 0.243. The van der Waals surface area contributed by atoms with Crippen LogP contribution in [-0.4, -0.2) is 18.2 Å². The topological polar surface area (TPSA) is 53.5 Å². The van der Waals surface area contributed by atoms with Crippen molar-refractivity contribution in [3.8, 4) is 12.3 Å². The minimum atomic E-state index is 0.0486. The zero-order valence-electron chi connectivity index (χ0n) is 14.4. The van der Waals surface area contributed by atoms with Crippen molar-refractivity contribution >= 4 is 33.2 Å². The third-order valence-corrected chi connectivity index (χ3v) is 3.76. The van der Waals surface area contributed by atoms with E-state index in [1.54, 1.807) is 19.1 Å². The van der Waals surface area contributed by atoms with Gasteiger partial charge in [-0.2, -0.15) is 0 Å². The van der Waals surface area contributed by atoms with Gasteiger partial charge in [0.15, 0.2) is 5.78 Å². The van der Waals surface area contributed by atoms with Gasteiger partial charge in [0.2, 0.25) is 0 Å². The van der Waals surface area contributed by atoms with Crippen molar-refractivity contribution in [3.05, 3.63) is 53.3 Å².